The molecule has 74 valence electrons. The molecule has 0 heterocycles. The van der Waals surface area contributed by atoms with Crippen LogP contribution in [0.15, 0.2) is 0 Å². The van der Waals surface area contributed by atoms with E-state index in [1.165, 1.54) is 0 Å². The van der Waals surface area contributed by atoms with Crippen molar-refractivity contribution in [3.05, 3.63) is 0 Å². The van der Waals surface area contributed by atoms with Crippen LogP contribution in [0.1, 0.15) is 26.7 Å². The lowest BCUT2D eigenvalue weighted by atomic mass is 10.2. The smallest absolute Gasteiger partial charge is 0.222 e. The number of ether oxygens (including phenoxy) is 1. The zero-order chi connectivity index (χ0) is 10.1. The van der Waals surface area contributed by atoms with Gasteiger partial charge >= 0.3 is 0 Å². The van der Waals surface area contributed by atoms with Gasteiger partial charge in [0.25, 0.3) is 0 Å². The molecule has 0 bridgehead atoms. The molecule has 0 spiro atoms. The van der Waals surface area contributed by atoms with E-state index in [1.807, 2.05) is 13.8 Å². The largest absolute Gasteiger partial charge is 0.381 e. The van der Waals surface area contributed by atoms with Gasteiger partial charge in [0.15, 0.2) is 0 Å². The highest BCUT2D eigenvalue weighted by Crippen LogP contribution is 1.90. The van der Waals surface area contributed by atoms with Crippen LogP contribution in [-0.4, -0.2) is 25.2 Å². The second-order valence-corrected chi connectivity index (χ2v) is 2.82. The van der Waals surface area contributed by atoms with Gasteiger partial charge in [0.05, 0.1) is 6.61 Å². The van der Waals surface area contributed by atoms with Crippen molar-refractivity contribution in [2.24, 2.45) is 0 Å². The predicted octanol–water partition coefficient (Wildman–Crippen LogP) is 0.941. The highest BCUT2D eigenvalue weighted by molar-refractivity contribution is 5.76. The third kappa shape index (κ3) is 7.35. The molecule has 1 atom stereocenters. The first-order valence-corrected chi connectivity index (χ1v) is 4.51. The van der Waals surface area contributed by atoms with Crippen molar-refractivity contribution in [3.8, 4) is 12.3 Å². The number of hydrogen-bond acceptors (Lipinski definition) is 2. The van der Waals surface area contributed by atoms with E-state index in [2.05, 4.69) is 11.2 Å². The first kappa shape index (κ1) is 12.0. The van der Waals surface area contributed by atoms with Crippen molar-refractivity contribution in [1.82, 2.24) is 5.32 Å². The Morgan fingerprint density at radius 1 is 1.69 bits per heavy atom. The van der Waals surface area contributed by atoms with Crippen LogP contribution in [0.5, 0.6) is 0 Å². The van der Waals surface area contributed by atoms with E-state index in [4.69, 9.17) is 11.2 Å². The predicted molar refractivity (Wildman–Crippen MR) is 52.2 cm³/mol. The summed E-state index contributed by atoms with van der Waals surface area (Å²) in [4.78, 5) is 11.1. The summed E-state index contributed by atoms with van der Waals surface area (Å²) >= 11 is 0. The SMILES string of the molecule is C#CCC(C)NC(=O)CCOCC. The van der Waals surface area contributed by atoms with Crippen molar-refractivity contribution in [1.29, 1.82) is 0 Å². The highest BCUT2D eigenvalue weighted by atomic mass is 16.5. The zero-order valence-electron chi connectivity index (χ0n) is 8.30. The minimum Gasteiger partial charge on any atom is -0.381 e. The Morgan fingerprint density at radius 3 is 2.92 bits per heavy atom. The lowest BCUT2D eigenvalue weighted by Crippen LogP contribution is -2.32. The van der Waals surface area contributed by atoms with Gasteiger partial charge < -0.3 is 10.1 Å². The second kappa shape index (κ2) is 7.63. The third-order valence-electron chi connectivity index (χ3n) is 1.51. The molecule has 1 unspecified atom stereocenters. The summed E-state index contributed by atoms with van der Waals surface area (Å²) in [5, 5.41) is 2.78. The minimum atomic E-state index is -0.00352. The summed E-state index contributed by atoms with van der Waals surface area (Å²) in [6, 6.07) is 0.0547. The molecule has 3 nitrogen and oxygen atoms in total. The molecule has 0 aromatic heterocycles. The topological polar surface area (TPSA) is 38.3 Å². The van der Waals surface area contributed by atoms with Crippen LogP contribution in [0, 0.1) is 12.3 Å². The van der Waals surface area contributed by atoms with Crippen LogP contribution >= 0.6 is 0 Å². The molecule has 1 amide bonds. The fraction of sp³-hybridized carbons (Fsp3) is 0.700. The highest BCUT2D eigenvalue weighted by Gasteiger charge is 2.04. The van der Waals surface area contributed by atoms with Crippen LogP contribution in [0.2, 0.25) is 0 Å². The Morgan fingerprint density at radius 2 is 2.38 bits per heavy atom. The number of amides is 1. The lowest BCUT2D eigenvalue weighted by molar-refractivity contribution is -0.122. The molecule has 0 aromatic carbocycles. The molecule has 0 saturated carbocycles. The van der Waals surface area contributed by atoms with Gasteiger partial charge in [-0.25, -0.2) is 0 Å². The second-order valence-electron chi connectivity index (χ2n) is 2.82. The molecule has 13 heavy (non-hydrogen) atoms. The molecule has 0 aromatic rings. The Hall–Kier alpha value is -1.01. The number of hydrogen-bond donors (Lipinski definition) is 1. The van der Waals surface area contributed by atoms with E-state index < -0.39 is 0 Å². The molecule has 0 aliphatic heterocycles. The fourth-order valence-electron chi connectivity index (χ4n) is 0.884. The fourth-order valence-corrected chi connectivity index (χ4v) is 0.884. The Balaban J connectivity index is 3.45. The van der Waals surface area contributed by atoms with E-state index in [9.17, 15) is 4.79 Å². The first-order chi connectivity index (χ1) is 6.20. The first-order valence-electron chi connectivity index (χ1n) is 4.51. The van der Waals surface area contributed by atoms with E-state index in [0.717, 1.165) is 0 Å². The monoisotopic (exact) mass is 183 g/mol. The van der Waals surface area contributed by atoms with Gasteiger partial charge in [0.1, 0.15) is 0 Å². The van der Waals surface area contributed by atoms with Crippen LogP contribution in [0.3, 0.4) is 0 Å². The number of carbonyl (C=O) groups excluding carboxylic acids is 1. The molecule has 0 saturated heterocycles. The number of terminal acetylenes is 1. The van der Waals surface area contributed by atoms with Gasteiger partial charge in [-0.3, -0.25) is 4.79 Å². The summed E-state index contributed by atoms with van der Waals surface area (Å²) in [5.74, 6) is 2.49. The standard InChI is InChI=1S/C10H17NO2/c1-4-6-9(3)11-10(12)7-8-13-5-2/h1,9H,5-8H2,2-3H3,(H,11,12). The molecule has 0 rings (SSSR count). The molecule has 1 N–H and O–H groups in total. The van der Waals surface area contributed by atoms with E-state index in [0.29, 0.717) is 26.1 Å². The number of carbonyl (C=O) groups is 1. The average Bonchev–Trinajstić information content (AvgIpc) is 2.05. The number of nitrogens with one attached hydrogen (secondary N) is 1. The van der Waals surface area contributed by atoms with Crippen LogP contribution in [0.25, 0.3) is 0 Å². The maximum Gasteiger partial charge on any atom is 0.222 e. The van der Waals surface area contributed by atoms with Crippen molar-refractivity contribution < 1.29 is 9.53 Å². The van der Waals surface area contributed by atoms with Crippen molar-refractivity contribution >= 4 is 5.91 Å². The Kier molecular flexibility index (Phi) is 7.04. The van der Waals surface area contributed by atoms with Crippen LogP contribution < -0.4 is 5.32 Å². The Labute approximate surface area is 79.8 Å². The maximum atomic E-state index is 11.1. The summed E-state index contributed by atoms with van der Waals surface area (Å²) in [6.07, 6.45) is 6.08. The molecule has 0 radical (unpaired) electrons. The van der Waals surface area contributed by atoms with E-state index in [-0.39, 0.29) is 11.9 Å². The van der Waals surface area contributed by atoms with Gasteiger partial charge in [-0.05, 0) is 13.8 Å². The lowest BCUT2D eigenvalue weighted by Gasteiger charge is -2.10. The van der Waals surface area contributed by atoms with Gasteiger partial charge in [0.2, 0.25) is 5.91 Å². The molecule has 0 aliphatic rings. The molecule has 0 fully saturated rings. The molecular formula is C10H17NO2. The van der Waals surface area contributed by atoms with E-state index in [1.54, 1.807) is 0 Å². The van der Waals surface area contributed by atoms with Crippen molar-refractivity contribution in [2.45, 2.75) is 32.7 Å². The van der Waals surface area contributed by atoms with E-state index >= 15 is 0 Å². The molecule has 0 aliphatic carbocycles. The zero-order valence-corrected chi connectivity index (χ0v) is 8.30. The normalized spacial score (nSPS) is 11.8. The summed E-state index contributed by atoms with van der Waals surface area (Å²) < 4.78 is 5.04. The van der Waals surface area contributed by atoms with Crippen LogP contribution in [-0.2, 0) is 9.53 Å². The molecular weight excluding hydrogens is 166 g/mol. The van der Waals surface area contributed by atoms with Crippen molar-refractivity contribution in [3.63, 3.8) is 0 Å². The minimum absolute atomic E-state index is 0.00352. The summed E-state index contributed by atoms with van der Waals surface area (Å²) in [6.45, 7) is 4.91. The maximum absolute atomic E-state index is 11.1. The Bertz CT molecular complexity index is 184. The number of rotatable bonds is 6. The summed E-state index contributed by atoms with van der Waals surface area (Å²) in [5.41, 5.74) is 0. The summed E-state index contributed by atoms with van der Waals surface area (Å²) in [7, 11) is 0. The van der Waals surface area contributed by atoms with Crippen molar-refractivity contribution in [2.75, 3.05) is 13.2 Å². The van der Waals surface area contributed by atoms with Gasteiger partial charge in [-0.1, -0.05) is 0 Å². The quantitative estimate of drug-likeness (QED) is 0.491. The molecule has 3 heteroatoms. The third-order valence-corrected chi connectivity index (χ3v) is 1.51. The average molecular weight is 183 g/mol. The van der Waals surface area contributed by atoms with Gasteiger partial charge in [-0.2, -0.15) is 0 Å². The van der Waals surface area contributed by atoms with Gasteiger partial charge in [0, 0.05) is 25.5 Å². The van der Waals surface area contributed by atoms with Crippen LogP contribution in [0.4, 0.5) is 0 Å². The van der Waals surface area contributed by atoms with Gasteiger partial charge in [-0.15, -0.1) is 12.3 Å².